The number of hydrogen-bond acceptors (Lipinski definition) is 9. The maximum absolute atomic E-state index is 14.0. The van der Waals surface area contributed by atoms with Gasteiger partial charge < -0.3 is 34.6 Å². The van der Waals surface area contributed by atoms with Crippen molar-refractivity contribution < 1.29 is 38.2 Å². The molecule has 1 aromatic rings. The molecule has 3 fully saturated rings. The fourth-order valence-corrected chi connectivity index (χ4v) is 6.37. The minimum Gasteiger partial charge on any atom is -0.465 e. The Labute approximate surface area is 264 Å². The van der Waals surface area contributed by atoms with Gasteiger partial charge in [-0.2, -0.15) is 0 Å². The van der Waals surface area contributed by atoms with Crippen LogP contribution in [0.25, 0.3) is 0 Å². The molecule has 1 saturated carbocycles. The van der Waals surface area contributed by atoms with Crippen LogP contribution in [0.2, 0.25) is 0 Å². The predicted molar refractivity (Wildman–Crippen MR) is 166 cm³/mol. The largest absolute Gasteiger partial charge is 0.465 e. The zero-order valence-electron chi connectivity index (χ0n) is 26.8. The summed E-state index contributed by atoms with van der Waals surface area (Å²) in [6, 6.07) is 5.77. The standard InChI is InChI=1S/C32H47N5O8/c1-21(2)20-45-31(41)33-18-22-5-7-23(8-6-22)29(39)37-19-26(35-13-15-36(16-14-35)32(42)44-4)17-27(37)28(38)34-25-11-9-24(10-12-25)30(40)43-3/h9-12,21-23,26-27H,5-8,13-20H2,1-4H3,(H,33,41)(H,34,38)/t22?,23?,26-,27-/m0/s1. The van der Waals surface area contributed by atoms with Crippen molar-refractivity contribution >= 4 is 35.7 Å². The van der Waals surface area contributed by atoms with Crippen molar-refractivity contribution in [3.8, 4) is 0 Å². The summed E-state index contributed by atoms with van der Waals surface area (Å²) in [4.78, 5) is 69.0. The normalized spacial score (nSPS) is 23.8. The summed E-state index contributed by atoms with van der Waals surface area (Å²) in [5.74, 6) is -0.418. The predicted octanol–water partition coefficient (Wildman–Crippen LogP) is 2.95. The summed E-state index contributed by atoms with van der Waals surface area (Å²) in [5.41, 5.74) is 0.896. The highest BCUT2D eigenvalue weighted by Gasteiger charge is 2.44. The van der Waals surface area contributed by atoms with E-state index in [2.05, 4.69) is 15.5 Å². The van der Waals surface area contributed by atoms with Crippen LogP contribution >= 0.6 is 0 Å². The molecule has 3 aliphatic rings. The molecule has 2 atom stereocenters. The number of piperazine rings is 1. The smallest absolute Gasteiger partial charge is 0.409 e. The van der Waals surface area contributed by atoms with Gasteiger partial charge in [-0.15, -0.1) is 0 Å². The van der Waals surface area contributed by atoms with Crippen LogP contribution in [-0.4, -0.2) is 117 Å². The molecule has 248 valence electrons. The zero-order valence-corrected chi connectivity index (χ0v) is 26.8. The lowest BCUT2D eigenvalue weighted by atomic mass is 9.81. The van der Waals surface area contributed by atoms with E-state index in [0.717, 1.165) is 12.8 Å². The number of nitrogens with one attached hydrogen (secondary N) is 2. The molecule has 1 aliphatic carbocycles. The van der Waals surface area contributed by atoms with Crippen molar-refractivity contribution in [3.05, 3.63) is 29.8 Å². The first-order valence-corrected chi connectivity index (χ1v) is 15.9. The van der Waals surface area contributed by atoms with Gasteiger partial charge in [-0.1, -0.05) is 13.8 Å². The molecule has 4 rings (SSSR count). The molecule has 4 amide bonds. The van der Waals surface area contributed by atoms with Crippen molar-refractivity contribution in [2.45, 2.75) is 58.0 Å². The number of hydrogen-bond donors (Lipinski definition) is 2. The van der Waals surface area contributed by atoms with Crippen LogP contribution in [0.15, 0.2) is 24.3 Å². The van der Waals surface area contributed by atoms with Crippen LogP contribution in [0.4, 0.5) is 15.3 Å². The number of rotatable bonds is 9. The van der Waals surface area contributed by atoms with Gasteiger partial charge in [0.1, 0.15) is 6.04 Å². The van der Waals surface area contributed by atoms with Crippen molar-refractivity contribution in [1.82, 2.24) is 20.0 Å². The third-order valence-corrected chi connectivity index (χ3v) is 8.98. The maximum atomic E-state index is 14.0. The first-order valence-electron chi connectivity index (χ1n) is 15.9. The highest BCUT2D eigenvalue weighted by atomic mass is 16.6. The number of ether oxygens (including phenoxy) is 3. The number of benzene rings is 1. The van der Waals surface area contributed by atoms with E-state index in [1.165, 1.54) is 14.2 Å². The monoisotopic (exact) mass is 629 g/mol. The van der Waals surface area contributed by atoms with Gasteiger partial charge in [0, 0.05) is 56.9 Å². The number of likely N-dealkylation sites (tertiary alicyclic amines) is 1. The Balaban J connectivity index is 1.38. The van der Waals surface area contributed by atoms with E-state index in [0.29, 0.717) is 76.4 Å². The Hall–Kier alpha value is -3.87. The number of amides is 4. The molecule has 1 aromatic carbocycles. The number of carbonyl (C=O) groups is 5. The van der Waals surface area contributed by atoms with Gasteiger partial charge in [-0.25, -0.2) is 14.4 Å². The molecule has 2 heterocycles. The average Bonchev–Trinajstić information content (AvgIpc) is 3.52. The summed E-state index contributed by atoms with van der Waals surface area (Å²) in [7, 11) is 2.68. The SMILES string of the molecule is COC(=O)c1ccc(NC(=O)[C@@H]2C[C@H](N3CCN(C(=O)OC)CC3)CN2C(=O)C2CCC(CNC(=O)OCC(C)C)CC2)cc1. The van der Waals surface area contributed by atoms with Crippen molar-refractivity contribution in [2.24, 2.45) is 17.8 Å². The molecule has 0 unspecified atom stereocenters. The summed E-state index contributed by atoms with van der Waals surface area (Å²) in [6.07, 6.45) is 2.70. The molecule has 2 saturated heterocycles. The van der Waals surface area contributed by atoms with Gasteiger partial charge in [0.25, 0.3) is 0 Å². The summed E-state index contributed by atoms with van der Waals surface area (Å²) in [6.45, 7) is 7.58. The molecule has 13 heteroatoms. The lowest BCUT2D eigenvalue weighted by molar-refractivity contribution is -0.141. The van der Waals surface area contributed by atoms with Crippen LogP contribution in [0.5, 0.6) is 0 Å². The molecule has 2 aliphatic heterocycles. The Bertz CT molecular complexity index is 1190. The van der Waals surface area contributed by atoms with Gasteiger partial charge in [-0.05, 0) is 68.2 Å². The molecule has 0 aromatic heterocycles. The van der Waals surface area contributed by atoms with Gasteiger partial charge >= 0.3 is 18.2 Å². The summed E-state index contributed by atoms with van der Waals surface area (Å²) < 4.78 is 14.8. The lowest BCUT2D eigenvalue weighted by Gasteiger charge is -2.37. The van der Waals surface area contributed by atoms with E-state index in [9.17, 15) is 24.0 Å². The second-order valence-electron chi connectivity index (χ2n) is 12.5. The third-order valence-electron chi connectivity index (χ3n) is 8.98. The number of nitrogens with zero attached hydrogens (tertiary/aromatic N) is 3. The molecule has 13 nitrogen and oxygen atoms in total. The first-order chi connectivity index (χ1) is 21.6. The van der Waals surface area contributed by atoms with Crippen LogP contribution in [-0.2, 0) is 23.8 Å². The molecule has 0 spiro atoms. The van der Waals surface area contributed by atoms with E-state index < -0.39 is 18.1 Å². The fraction of sp³-hybridized carbons (Fsp3) is 0.656. The van der Waals surface area contributed by atoms with Crippen molar-refractivity contribution in [2.75, 3.05) is 65.4 Å². The quantitative estimate of drug-likeness (QED) is 0.311. The van der Waals surface area contributed by atoms with Crippen LogP contribution in [0.1, 0.15) is 56.3 Å². The highest BCUT2D eigenvalue weighted by molar-refractivity contribution is 5.98. The second-order valence-corrected chi connectivity index (χ2v) is 12.5. The molecular formula is C32H47N5O8. The number of anilines is 1. The van der Waals surface area contributed by atoms with Crippen LogP contribution < -0.4 is 10.6 Å². The van der Waals surface area contributed by atoms with E-state index in [4.69, 9.17) is 14.2 Å². The van der Waals surface area contributed by atoms with E-state index in [1.54, 1.807) is 34.1 Å². The Morgan fingerprint density at radius 3 is 2.18 bits per heavy atom. The molecular weight excluding hydrogens is 582 g/mol. The van der Waals surface area contributed by atoms with Gasteiger partial charge in [0.15, 0.2) is 0 Å². The average molecular weight is 630 g/mol. The fourth-order valence-electron chi connectivity index (χ4n) is 6.37. The number of alkyl carbamates (subject to hydrolysis) is 1. The molecule has 0 radical (unpaired) electrons. The number of methoxy groups -OCH3 is 2. The highest BCUT2D eigenvalue weighted by Crippen LogP contribution is 2.33. The Morgan fingerprint density at radius 2 is 1.58 bits per heavy atom. The second kappa shape index (κ2) is 15.9. The van der Waals surface area contributed by atoms with E-state index in [1.807, 2.05) is 13.8 Å². The van der Waals surface area contributed by atoms with E-state index >= 15 is 0 Å². The first kappa shape index (κ1) is 34.0. The minimum absolute atomic E-state index is 0.0189. The topological polar surface area (TPSA) is 147 Å². The maximum Gasteiger partial charge on any atom is 0.409 e. The lowest BCUT2D eigenvalue weighted by Crippen LogP contribution is -2.52. The summed E-state index contributed by atoms with van der Waals surface area (Å²) >= 11 is 0. The van der Waals surface area contributed by atoms with Crippen molar-refractivity contribution in [3.63, 3.8) is 0 Å². The van der Waals surface area contributed by atoms with Crippen molar-refractivity contribution in [1.29, 1.82) is 0 Å². The van der Waals surface area contributed by atoms with E-state index in [-0.39, 0.29) is 41.7 Å². The molecule has 0 bridgehead atoms. The molecule has 45 heavy (non-hydrogen) atoms. The Kier molecular flexibility index (Phi) is 12.0. The van der Waals surface area contributed by atoms with Gasteiger partial charge in [-0.3, -0.25) is 14.5 Å². The number of esters is 1. The molecule has 2 N–H and O–H groups in total. The van der Waals surface area contributed by atoms with Gasteiger partial charge in [0.05, 0.1) is 26.4 Å². The third kappa shape index (κ3) is 9.09. The summed E-state index contributed by atoms with van der Waals surface area (Å²) in [5, 5.41) is 5.78. The number of carbonyl (C=O) groups excluding carboxylic acids is 5. The Morgan fingerprint density at radius 1 is 0.911 bits per heavy atom. The minimum atomic E-state index is -0.656. The van der Waals surface area contributed by atoms with Gasteiger partial charge in [0.2, 0.25) is 11.8 Å². The zero-order chi connectivity index (χ0) is 32.5. The van der Waals surface area contributed by atoms with Crippen LogP contribution in [0.3, 0.4) is 0 Å². The van der Waals surface area contributed by atoms with Crippen LogP contribution in [0, 0.1) is 17.8 Å².